The van der Waals surface area contributed by atoms with Crippen molar-refractivity contribution in [3.63, 3.8) is 0 Å². The molecule has 2 N–H and O–H groups in total. The molecule has 2 rings (SSSR count). The Morgan fingerprint density at radius 3 is 2.85 bits per heavy atom. The van der Waals surface area contributed by atoms with Crippen LogP contribution in [-0.4, -0.2) is 37.9 Å². The van der Waals surface area contributed by atoms with Crippen molar-refractivity contribution in [1.82, 2.24) is 5.32 Å². The van der Waals surface area contributed by atoms with E-state index in [-0.39, 0.29) is 24.5 Å². The second kappa shape index (κ2) is 5.83. The van der Waals surface area contributed by atoms with E-state index in [1.165, 1.54) is 7.11 Å². The molecule has 0 saturated carbocycles. The van der Waals surface area contributed by atoms with Gasteiger partial charge in [-0.3, -0.25) is 14.4 Å². The SMILES string of the molecule is CNC(CC(=O)OC)C(=O)c1ccc2c(c1)CC(=O)N2. The molecule has 106 valence electrons. The van der Waals surface area contributed by atoms with Crippen LogP contribution in [0.2, 0.25) is 0 Å². The van der Waals surface area contributed by atoms with Gasteiger partial charge in [0.1, 0.15) is 0 Å². The molecule has 20 heavy (non-hydrogen) atoms. The number of hydrogen-bond acceptors (Lipinski definition) is 5. The van der Waals surface area contributed by atoms with Crippen molar-refractivity contribution in [2.24, 2.45) is 0 Å². The van der Waals surface area contributed by atoms with Crippen LogP contribution < -0.4 is 10.6 Å². The normalized spacial score (nSPS) is 14.4. The largest absolute Gasteiger partial charge is 0.469 e. The summed E-state index contributed by atoms with van der Waals surface area (Å²) < 4.78 is 4.57. The first-order chi connectivity index (χ1) is 9.55. The lowest BCUT2D eigenvalue weighted by atomic mass is 9.99. The first-order valence-electron chi connectivity index (χ1n) is 6.26. The number of nitrogens with one attached hydrogen (secondary N) is 2. The molecule has 0 fully saturated rings. The number of methoxy groups -OCH3 is 1. The summed E-state index contributed by atoms with van der Waals surface area (Å²) in [6.45, 7) is 0. The minimum Gasteiger partial charge on any atom is -0.469 e. The van der Waals surface area contributed by atoms with Crippen LogP contribution >= 0.6 is 0 Å². The van der Waals surface area contributed by atoms with Crippen molar-refractivity contribution in [2.75, 3.05) is 19.5 Å². The summed E-state index contributed by atoms with van der Waals surface area (Å²) >= 11 is 0. The maximum atomic E-state index is 12.3. The van der Waals surface area contributed by atoms with Crippen LogP contribution in [0, 0.1) is 0 Å². The third-order valence-corrected chi connectivity index (χ3v) is 3.28. The molecule has 0 bridgehead atoms. The van der Waals surface area contributed by atoms with Gasteiger partial charge in [0.15, 0.2) is 5.78 Å². The Morgan fingerprint density at radius 1 is 1.45 bits per heavy atom. The Labute approximate surface area is 116 Å². The van der Waals surface area contributed by atoms with E-state index in [0.717, 1.165) is 11.3 Å². The molecule has 6 heteroatoms. The van der Waals surface area contributed by atoms with E-state index in [4.69, 9.17) is 0 Å². The summed E-state index contributed by atoms with van der Waals surface area (Å²) in [7, 11) is 2.90. The zero-order valence-corrected chi connectivity index (χ0v) is 11.4. The van der Waals surface area contributed by atoms with Crippen LogP contribution in [0.5, 0.6) is 0 Å². The highest BCUT2D eigenvalue weighted by Gasteiger charge is 2.24. The van der Waals surface area contributed by atoms with Gasteiger partial charge < -0.3 is 15.4 Å². The maximum Gasteiger partial charge on any atom is 0.307 e. The van der Waals surface area contributed by atoms with Crippen molar-refractivity contribution in [2.45, 2.75) is 18.9 Å². The minimum atomic E-state index is -0.634. The number of likely N-dealkylation sites (N-methyl/N-ethyl adjacent to an activating group) is 1. The van der Waals surface area contributed by atoms with Crippen LogP contribution in [0.3, 0.4) is 0 Å². The summed E-state index contributed by atoms with van der Waals surface area (Å²) in [5.74, 6) is -0.722. The number of esters is 1. The lowest BCUT2D eigenvalue weighted by Crippen LogP contribution is -2.36. The Balaban J connectivity index is 2.18. The molecule has 0 saturated heterocycles. The van der Waals surface area contributed by atoms with Gasteiger partial charge in [-0.1, -0.05) is 0 Å². The van der Waals surface area contributed by atoms with E-state index in [0.29, 0.717) is 5.56 Å². The molecule has 1 aliphatic rings. The van der Waals surface area contributed by atoms with E-state index >= 15 is 0 Å². The summed E-state index contributed by atoms with van der Waals surface area (Å²) in [5, 5.41) is 5.52. The Morgan fingerprint density at radius 2 is 2.20 bits per heavy atom. The number of carbonyl (C=O) groups excluding carboxylic acids is 3. The number of carbonyl (C=O) groups is 3. The summed E-state index contributed by atoms with van der Waals surface area (Å²) in [6, 6.07) is 4.41. The van der Waals surface area contributed by atoms with Crippen molar-refractivity contribution >= 4 is 23.3 Å². The Kier molecular flexibility index (Phi) is 4.14. The molecule has 1 aromatic carbocycles. The molecule has 1 aromatic rings. The number of anilines is 1. The lowest BCUT2D eigenvalue weighted by molar-refractivity contribution is -0.140. The number of benzene rings is 1. The quantitative estimate of drug-likeness (QED) is 0.605. The molecule has 1 atom stereocenters. The maximum absolute atomic E-state index is 12.3. The second-order valence-corrected chi connectivity index (χ2v) is 4.58. The standard InChI is InChI=1S/C14H16N2O4/c1-15-11(7-13(18)20-2)14(19)8-3-4-10-9(5-8)6-12(17)16-10/h3-5,11,15H,6-7H2,1-2H3,(H,16,17). The summed E-state index contributed by atoms with van der Waals surface area (Å²) in [6.07, 6.45) is 0.248. The predicted molar refractivity (Wildman–Crippen MR) is 72.6 cm³/mol. The van der Waals surface area contributed by atoms with Gasteiger partial charge in [-0.05, 0) is 30.8 Å². The lowest BCUT2D eigenvalue weighted by Gasteiger charge is -2.14. The van der Waals surface area contributed by atoms with Gasteiger partial charge in [0.25, 0.3) is 0 Å². The van der Waals surface area contributed by atoms with Gasteiger partial charge in [-0.2, -0.15) is 0 Å². The van der Waals surface area contributed by atoms with Gasteiger partial charge in [-0.25, -0.2) is 0 Å². The molecule has 0 spiro atoms. The first-order valence-corrected chi connectivity index (χ1v) is 6.26. The average molecular weight is 276 g/mol. The molecule has 1 amide bonds. The van der Waals surface area contributed by atoms with Crippen LogP contribution in [0.4, 0.5) is 5.69 Å². The third kappa shape index (κ3) is 2.85. The highest BCUT2D eigenvalue weighted by Crippen LogP contribution is 2.24. The second-order valence-electron chi connectivity index (χ2n) is 4.58. The fourth-order valence-corrected chi connectivity index (χ4v) is 2.16. The van der Waals surface area contributed by atoms with Crippen LogP contribution in [0.25, 0.3) is 0 Å². The highest BCUT2D eigenvalue weighted by atomic mass is 16.5. The molecule has 1 heterocycles. The number of ketones is 1. The van der Waals surface area contributed by atoms with E-state index in [1.807, 2.05) is 0 Å². The molecule has 6 nitrogen and oxygen atoms in total. The smallest absolute Gasteiger partial charge is 0.307 e. The number of fused-ring (bicyclic) bond motifs is 1. The van der Waals surface area contributed by atoms with Gasteiger partial charge in [0.2, 0.25) is 5.91 Å². The average Bonchev–Trinajstić information content (AvgIpc) is 2.82. The summed E-state index contributed by atoms with van der Waals surface area (Å²) in [5.41, 5.74) is 2.01. The van der Waals surface area contributed by atoms with Crippen LogP contribution in [0.15, 0.2) is 18.2 Å². The predicted octanol–water partition coefficient (Wildman–Crippen LogP) is 0.515. The zero-order valence-electron chi connectivity index (χ0n) is 11.4. The van der Waals surface area contributed by atoms with Gasteiger partial charge >= 0.3 is 5.97 Å². The monoisotopic (exact) mass is 276 g/mol. The van der Waals surface area contributed by atoms with Crippen molar-refractivity contribution in [3.05, 3.63) is 29.3 Å². The fourth-order valence-electron chi connectivity index (χ4n) is 2.16. The molecule has 0 aliphatic carbocycles. The van der Waals surface area contributed by atoms with Gasteiger partial charge in [-0.15, -0.1) is 0 Å². The number of Topliss-reactive ketones (excluding diaryl/α,β-unsaturated/α-hetero) is 1. The molecule has 1 unspecified atom stereocenters. The zero-order chi connectivity index (χ0) is 14.7. The van der Waals surface area contributed by atoms with E-state index in [1.54, 1.807) is 25.2 Å². The summed E-state index contributed by atoms with van der Waals surface area (Å²) in [4.78, 5) is 34.9. The number of ether oxygens (including phenoxy) is 1. The van der Waals surface area contributed by atoms with Crippen molar-refractivity contribution in [3.8, 4) is 0 Å². The van der Waals surface area contributed by atoms with E-state index in [9.17, 15) is 14.4 Å². The van der Waals surface area contributed by atoms with Gasteiger partial charge in [0.05, 0.1) is 26.0 Å². The third-order valence-electron chi connectivity index (χ3n) is 3.28. The van der Waals surface area contributed by atoms with Crippen molar-refractivity contribution in [1.29, 1.82) is 0 Å². The van der Waals surface area contributed by atoms with E-state index < -0.39 is 12.0 Å². The van der Waals surface area contributed by atoms with Gasteiger partial charge in [0, 0.05) is 11.3 Å². The van der Waals surface area contributed by atoms with Crippen molar-refractivity contribution < 1.29 is 19.1 Å². The molecule has 0 aromatic heterocycles. The highest BCUT2D eigenvalue weighted by molar-refractivity contribution is 6.04. The number of amides is 1. The molecule has 1 aliphatic heterocycles. The number of hydrogen-bond donors (Lipinski definition) is 2. The number of rotatable bonds is 5. The van der Waals surface area contributed by atoms with Crippen LogP contribution in [-0.2, 0) is 20.7 Å². The Hall–Kier alpha value is -2.21. The molecular formula is C14H16N2O4. The molecular weight excluding hydrogens is 260 g/mol. The topological polar surface area (TPSA) is 84.5 Å². The van der Waals surface area contributed by atoms with Crippen LogP contribution in [0.1, 0.15) is 22.3 Å². The minimum absolute atomic E-state index is 0.0277. The molecule has 0 radical (unpaired) electrons. The fraction of sp³-hybridized carbons (Fsp3) is 0.357. The van der Waals surface area contributed by atoms with E-state index in [2.05, 4.69) is 15.4 Å². The Bertz CT molecular complexity index is 568. The first kappa shape index (κ1) is 14.2.